The van der Waals surface area contributed by atoms with E-state index in [1.807, 2.05) is 0 Å². The predicted molar refractivity (Wildman–Crippen MR) is 68.9 cm³/mol. The van der Waals surface area contributed by atoms with E-state index in [9.17, 15) is 0 Å². The largest absolute Gasteiger partial charge is 0.330 e. The SMILES string of the molecule is Cc1ccc(C(C)C(CN)CN)cc1Br. The van der Waals surface area contributed by atoms with E-state index in [0.29, 0.717) is 24.9 Å². The molecule has 1 atom stereocenters. The minimum Gasteiger partial charge on any atom is -0.330 e. The molecule has 1 unspecified atom stereocenters. The van der Waals surface area contributed by atoms with Crippen molar-refractivity contribution in [3.05, 3.63) is 33.8 Å². The van der Waals surface area contributed by atoms with Gasteiger partial charge in [-0.05, 0) is 49.0 Å². The number of halogens is 1. The first-order chi connectivity index (χ1) is 7.10. The van der Waals surface area contributed by atoms with Crippen LogP contribution >= 0.6 is 15.9 Å². The molecular formula is C12H19BrN2. The first-order valence-electron chi connectivity index (χ1n) is 5.26. The van der Waals surface area contributed by atoms with Gasteiger partial charge in [0.05, 0.1) is 0 Å². The fourth-order valence-electron chi connectivity index (χ4n) is 1.67. The Morgan fingerprint density at radius 2 is 1.87 bits per heavy atom. The van der Waals surface area contributed by atoms with E-state index in [1.54, 1.807) is 0 Å². The Morgan fingerprint density at radius 3 is 2.33 bits per heavy atom. The standard InChI is InChI=1S/C12H19BrN2/c1-8-3-4-10(5-12(8)13)9(2)11(6-14)7-15/h3-5,9,11H,6-7,14-15H2,1-2H3. The van der Waals surface area contributed by atoms with Crippen molar-refractivity contribution in [1.29, 1.82) is 0 Å². The van der Waals surface area contributed by atoms with E-state index >= 15 is 0 Å². The van der Waals surface area contributed by atoms with Crippen LogP contribution in [0.15, 0.2) is 22.7 Å². The maximum atomic E-state index is 5.70. The lowest BCUT2D eigenvalue weighted by atomic mass is 9.87. The molecule has 0 aliphatic rings. The zero-order chi connectivity index (χ0) is 11.4. The van der Waals surface area contributed by atoms with Gasteiger partial charge in [-0.3, -0.25) is 0 Å². The lowest BCUT2D eigenvalue weighted by Gasteiger charge is -2.21. The molecule has 0 saturated heterocycles. The van der Waals surface area contributed by atoms with Crippen LogP contribution in [-0.4, -0.2) is 13.1 Å². The fraction of sp³-hybridized carbons (Fsp3) is 0.500. The summed E-state index contributed by atoms with van der Waals surface area (Å²) in [6, 6.07) is 6.45. The third-order valence-electron chi connectivity index (χ3n) is 3.03. The van der Waals surface area contributed by atoms with Crippen molar-refractivity contribution in [2.24, 2.45) is 17.4 Å². The molecule has 1 rings (SSSR count). The van der Waals surface area contributed by atoms with Crippen LogP contribution in [0.1, 0.15) is 24.0 Å². The van der Waals surface area contributed by atoms with Crippen LogP contribution in [0.25, 0.3) is 0 Å². The van der Waals surface area contributed by atoms with Gasteiger partial charge in [-0.1, -0.05) is 35.0 Å². The molecule has 0 fully saturated rings. The number of nitrogens with two attached hydrogens (primary N) is 2. The van der Waals surface area contributed by atoms with Gasteiger partial charge in [0.2, 0.25) is 0 Å². The van der Waals surface area contributed by atoms with Crippen LogP contribution in [-0.2, 0) is 0 Å². The highest BCUT2D eigenvalue weighted by atomic mass is 79.9. The number of aryl methyl sites for hydroxylation is 1. The smallest absolute Gasteiger partial charge is 0.0207 e. The number of rotatable bonds is 4. The third-order valence-corrected chi connectivity index (χ3v) is 3.89. The van der Waals surface area contributed by atoms with Crippen LogP contribution in [0.2, 0.25) is 0 Å². The monoisotopic (exact) mass is 270 g/mol. The summed E-state index contributed by atoms with van der Waals surface area (Å²) in [4.78, 5) is 0. The maximum Gasteiger partial charge on any atom is 0.0207 e. The predicted octanol–water partition coefficient (Wildman–Crippen LogP) is 2.39. The topological polar surface area (TPSA) is 52.0 Å². The summed E-state index contributed by atoms with van der Waals surface area (Å²) < 4.78 is 1.15. The van der Waals surface area contributed by atoms with E-state index in [1.165, 1.54) is 11.1 Å². The van der Waals surface area contributed by atoms with Crippen molar-refractivity contribution >= 4 is 15.9 Å². The van der Waals surface area contributed by atoms with Gasteiger partial charge in [-0.15, -0.1) is 0 Å². The van der Waals surface area contributed by atoms with E-state index in [-0.39, 0.29) is 0 Å². The van der Waals surface area contributed by atoms with Gasteiger partial charge < -0.3 is 11.5 Å². The van der Waals surface area contributed by atoms with Gasteiger partial charge in [0.1, 0.15) is 0 Å². The molecule has 1 aromatic rings. The van der Waals surface area contributed by atoms with E-state index in [4.69, 9.17) is 11.5 Å². The lowest BCUT2D eigenvalue weighted by Crippen LogP contribution is -2.27. The van der Waals surface area contributed by atoms with Crippen LogP contribution in [0.4, 0.5) is 0 Å². The molecule has 0 aliphatic heterocycles. The van der Waals surface area contributed by atoms with Crippen molar-refractivity contribution in [2.45, 2.75) is 19.8 Å². The highest BCUT2D eigenvalue weighted by Crippen LogP contribution is 2.27. The third kappa shape index (κ3) is 3.03. The van der Waals surface area contributed by atoms with Crippen LogP contribution in [0.5, 0.6) is 0 Å². The summed E-state index contributed by atoms with van der Waals surface area (Å²) in [6.07, 6.45) is 0. The van der Waals surface area contributed by atoms with E-state index in [0.717, 1.165) is 4.47 Å². The van der Waals surface area contributed by atoms with Crippen molar-refractivity contribution < 1.29 is 0 Å². The lowest BCUT2D eigenvalue weighted by molar-refractivity contribution is 0.466. The van der Waals surface area contributed by atoms with Crippen molar-refractivity contribution in [3.8, 4) is 0 Å². The van der Waals surface area contributed by atoms with Gasteiger partial charge >= 0.3 is 0 Å². The Hall–Kier alpha value is -0.380. The summed E-state index contributed by atoms with van der Waals surface area (Å²) in [5.41, 5.74) is 13.9. The Labute approximate surface area is 100 Å². The second-order valence-electron chi connectivity index (χ2n) is 4.03. The van der Waals surface area contributed by atoms with E-state index in [2.05, 4.69) is 48.0 Å². The molecule has 0 aliphatic carbocycles. The summed E-state index contributed by atoms with van der Waals surface area (Å²) in [5, 5.41) is 0. The molecule has 0 heterocycles. The molecule has 1 aromatic carbocycles. The van der Waals surface area contributed by atoms with Crippen molar-refractivity contribution in [1.82, 2.24) is 0 Å². The van der Waals surface area contributed by atoms with Gasteiger partial charge in [0.15, 0.2) is 0 Å². The molecule has 0 spiro atoms. The molecule has 3 heteroatoms. The zero-order valence-electron chi connectivity index (χ0n) is 9.33. The minimum absolute atomic E-state index is 0.361. The molecule has 15 heavy (non-hydrogen) atoms. The maximum absolute atomic E-state index is 5.70. The van der Waals surface area contributed by atoms with Gasteiger partial charge in [-0.2, -0.15) is 0 Å². The van der Waals surface area contributed by atoms with Crippen molar-refractivity contribution in [2.75, 3.05) is 13.1 Å². The van der Waals surface area contributed by atoms with Crippen molar-refractivity contribution in [3.63, 3.8) is 0 Å². The molecule has 84 valence electrons. The Bertz CT molecular complexity index is 321. The molecule has 2 nitrogen and oxygen atoms in total. The highest BCUT2D eigenvalue weighted by Gasteiger charge is 2.16. The molecule has 0 saturated carbocycles. The van der Waals surface area contributed by atoms with Gasteiger partial charge in [0.25, 0.3) is 0 Å². The summed E-state index contributed by atoms with van der Waals surface area (Å²) in [7, 11) is 0. The highest BCUT2D eigenvalue weighted by molar-refractivity contribution is 9.10. The Balaban J connectivity index is 2.90. The minimum atomic E-state index is 0.361. The quantitative estimate of drug-likeness (QED) is 0.883. The van der Waals surface area contributed by atoms with Gasteiger partial charge in [0, 0.05) is 4.47 Å². The molecule has 0 amide bonds. The fourth-order valence-corrected chi connectivity index (χ4v) is 2.07. The average Bonchev–Trinajstić information content (AvgIpc) is 2.23. The zero-order valence-corrected chi connectivity index (χ0v) is 10.9. The van der Waals surface area contributed by atoms with Crippen LogP contribution in [0, 0.1) is 12.8 Å². The molecular weight excluding hydrogens is 252 g/mol. The number of hydrogen-bond donors (Lipinski definition) is 2. The van der Waals surface area contributed by atoms with Crippen LogP contribution < -0.4 is 11.5 Å². The molecule has 0 bridgehead atoms. The number of hydrogen-bond acceptors (Lipinski definition) is 2. The first-order valence-corrected chi connectivity index (χ1v) is 6.05. The van der Waals surface area contributed by atoms with Gasteiger partial charge in [-0.25, -0.2) is 0 Å². The number of benzene rings is 1. The van der Waals surface area contributed by atoms with Crippen LogP contribution in [0.3, 0.4) is 0 Å². The molecule has 4 N–H and O–H groups in total. The second-order valence-corrected chi connectivity index (χ2v) is 4.88. The summed E-state index contributed by atoms with van der Waals surface area (Å²) in [6.45, 7) is 5.55. The molecule has 0 aromatic heterocycles. The Kier molecular flexibility index (Phi) is 4.77. The normalized spacial score (nSPS) is 13.2. The second kappa shape index (κ2) is 5.64. The summed E-state index contributed by atoms with van der Waals surface area (Å²) >= 11 is 3.54. The Morgan fingerprint density at radius 1 is 1.27 bits per heavy atom. The van der Waals surface area contributed by atoms with E-state index < -0.39 is 0 Å². The summed E-state index contributed by atoms with van der Waals surface area (Å²) in [5.74, 6) is 0.775. The first kappa shape index (κ1) is 12.7. The molecule has 0 radical (unpaired) electrons. The average molecular weight is 271 g/mol.